The first-order valence-electron chi connectivity index (χ1n) is 7.94. The maximum Gasteiger partial charge on any atom is 0.329 e. The molecule has 0 saturated carbocycles. The number of hydroxylamine groups is 1. The molecule has 3 N–H and O–H groups in total. The number of nitrogens with one attached hydrogen (secondary N) is 3. The molecule has 0 saturated heterocycles. The summed E-state index contributed by atoms with van der Waals surface area (Å²) in [4.78, 5) is 17.0. The molecule has 0 aliphatic heterocycles. The van der Waals surface area contributed by atoms with Crippen LogP contribution in [0.4, 0.5) is 5.69 Å². The fraction of sp³-hybridized carbons (Fsp3) is 0.222. The Morgan fingerprint density at radius 3 is 2.33 bits per heavy atom. The molecule has 9 heteroatoms. The quantitative estimate of drug-likeness (QED) is 0.267. The van der Waals surface area contributed by atoms with Crippen molar-refractivity contribution in [2.45, 2.75) is 23.3 Å². The summed E-state index contributed by atoms with van der Waals surface area (Å²) in [6, 6.07) is 16.7. The summed E-state index contributed by atoms with van der Waals surface area (Å²) in [7, 11) is 0. The van der Waals surface area contributed by atoms with Crippen molar-refractivity contribution in [2.75, 3.05) is 5.32 Å². The number of alkyl halides is 3. The molecule has 2 aromatic carbocycles. The van der Waals surface area contributed by atoms with Gasteiger partial charge in [0.25, 0.3) is 0 Å². The summed E-state index contributed by atoms with van der Waals surface area (Å²) >= 11 is 23.0. The van der Waals surface area contributed by atoms with Crippen molar-refractivity contribution in [3.05, 3.63) is 65.7 Å². The Bertz CT molecular complexity index is 768. The molecule has 144 valence electrons. The number of aryl methyl sites for hydroxylation is 1. The molecule has 1 atom stereocenters. The van der Waals surface area contributed by atoms with Crippen LogP contribution in [0.15, 0.2) is 54.6 Å². The standard InChI is InChI=1S/C18H18Cl3N3O2S/c1-12-7-9-14(10-8-12)22-17(27)23-16(18(19,20)21)24-26-15(25)11-13-5-3-2-4-6-13/h2-10,16,24H,11H2,1H3,(H2,22,23,27). The molecule has 0 amide bonds. The topological polar surface area (TPSA) is 62.4 Å². The van der Waals surface area contributed by atoms with Crippen molar-refractivity contribution in [1.82, 2.24) is 10.8 Å². The molecule has 0 aliphatic rings. The summed E-state index contributed by atoms with van der Waals surface area (Å²) < 4.78 is -1.83. The summed E-state index contributed by atoms with van der Waals surface area (Å²) in [6.45, 7) is 1.98. The second-order valence-corrected chi connectivity index (χ2v) is 8.47. The highest BCUT2D eigenvalue weighted by atomic mass is 35.6. The van der Waals surface area contributed by atoms with Crippen molar-refractivity contribution in [3.8, 4) is 0 Å². The molecule has 5 nitrogen and oxygen atoms in total. The van der Waals surface area contributed by atoms with Crippen LogP contribution in [-0.4, -0.2) is 21.0 Å². The van der Waals surface area contributed by atoms with Gasteiger partial charge in [-0.3, -0.25) is 4.79 Å². The summed E-state index contributed by atoms with van der Waals surface area (Å²) in [5.41, 5.74) is 5.11. The van der Waals surface area contributed by atoms with Crippen LogP contribution in [-0.2, 0) is 16.1 Å². The second kappa shape index (κ2) is 10.1. The van der Waals surface area contributed by atoms with E-state index in [-0.39, 0.29) is 11.5 Å². The van der Waals surface area contributed by atoms with Crippen LogP contribution in [0.2, 0.25) is 0 Å². The molecule has 0 radical (unpaired) electrons. The lowest BCUT2D eigenvalue weighted by Gasteiger charge is -2.27. The summed E-state index contributed by atoms with van der Waals surface area (Å²) in [6.07, 6.45) is -0.986. The van der Waals surface area contributed by atoms with Crippen LogP contribution in [0.3, 0.4) is 0 Å². The minimum absolute atomic E-state index is 0.0759. The molecule has 0 heterocycles. The van der Waals surface area contributed by atoms with Gasteiger partial charge in [-0.15, -0.1) is 5.48 Å². The lowest BCUT2D eigenvalue weighted by atomic mass is 10.2. The minimum Gasteiger partial charge on any atom is -0.368 e. The van der Waals surface area contributed by atoms with Gasteiger partial charge in [-0.2, -0.15) is 0 Å². The zero-order chi connectivity index (χ0) is 19.9. The Balaban J connectivity index is 1.89. The first kappa shape index (κ1) is 21.7. The van der Waals surface area contributed by atoms with Crippen molar-refractivity contribution in [3.63, 3.8) is 0 Å². The number of benzene rings is 2. The molecule has 27 heavy (non-hydrogen) atoms. The van der Waals surface area contributed by atoms with Crippen LogP contribution >= 0.6 is 47.0 Å². The van der Waals surface area contributed by atoms with Gasteiger partial charge in [-0.1, -0.05) is 82.8 Å². The molecule has 0 fully saturated rings. The first-order chi connectivity index (χ1) is 12.7. The molecule has 0 aliphatic carbocycles. The monoisotopic (exact) mass is 445 g/mol. The molecular formula is C18H18Cl3N3O2S. The Kier molecular flexibility index (Phi) is 8.13. The molecule has 0 aromatic heterocycles. The van der Waals surface area contributed by atoms with Gasteiger partial charge < -0.3 is 15.5 Å². The zero-order valence-electron chi connectivity index (χ0n) is 14.3. The summed E-state index contributed by atoms with van der Waals surface area (Å²) in [5, 5.41) is 5.93. The third-order valence-corrected chi connectivity index (χ3v) is 4.27. The maximum atomic E-state index is 12.0. The van der Waals surface area contributed by atoms with Crippen molar-refractivity contribution in [2.24, 2.45) is 0 Å². The smallest absolute Gasteiger partial charge is 0.329 e. The van der Waals surface area contributed by atoms with E-state index in [1.165, 1.54) is 0 Å². The number of thiocarbonyl (C=S) groups is 1. The third kappa shape index (κ3) is 7.91. The van der Waals surface area contributed by atoms with Crippen molar-refractivity contribution < 1.29 is 9.63 Å². The van der Waals surface area contributed by atoms with E-state index < -0.39 is 15.9 Å². The van der Waals surface area contributed by atoms with Gasteiger partial charge in [0.1, 0.15) is 0 Å². The largest absolute Gasteiger partial charge is 0.368 e. The minimum atomic E-state index is -1.83. The normalized spacial score (nSPS) is 12.1. The second-order valence-electron chi connectivity index (χ2n) is 5.69. The van der Waals surface area contributed by atoms with Gasteiger partial charge in [0, 0.05) is 5.69 Å². The van der Waals surface area contributed by atoms with Gasteiger partial charge in [0.2, 0.25) is 3.79 Å². The van der Waals surface area contributed by atoms with Gasteiger partial charge >= 0.3 is 5.97 Å². The zero-order valence-corrected chi connectivity index (χ0v) is 17.4. The highest BCUT2D eigenvalue weighted by Crippen LogP contribution is 2.29. The van der Waals surface area contributed by atoms with Gasteiger partial charge in [0.15, 0.2) is 11.3 Å². The number of anilines is 1. The lowest BCUT2D eigenvalue weighted by molar-refractivity contribution is -0.152. The SMILES string of the molecule is Cc1ccc(NC(=S)NC(NOC(=O)Cc2ccccc2)C(Cl)(Cl)Cl)cc1. The molecule has 0 spiro atoms. The summed E-state index contributed by atoms with van der Waals surface area (Å²) in [5.74, 6) is -0.528. The number of carbonyl (C=O) groups is 1. The predicted octanol–water partition coefficient (Wildman–Crippen LogP) is 4.27. The molecule has 1 unspecified atom stereocenters. The van der Waals surface area contributed by atoms with E-state index in [1.807, 2.05) is 61.5 Å². The van der Waals surface area contributed by atoms with E-state index in [9.17, 15) is 4.79 Å². The predicted molar refractivity (Wildman–Crippen MR) is 114 cm³/mol. The molecule has 2 rings (SSSR count). The number of halogens is 3. The van der Waals surface area contributed by atoms with E-state index in [4.69, 9.17) is 51.9 Å². The van der Waals surface area contributed by atoms with Crippen LogP contribution in [0.25, 0.3) is 0 Å². The van der Waals surface area contributed by atoms with Gasteiger partial charge in [0.05, 0.1) is 6.42 Å². The maximum absolute atomic E-state index is 12.0. The number of hydrogen-bond acceptors (Lipinski definition) is 4. The van der Waals surface area contributed by atoms with Crippen LogP contribution in [0.5, 0.6) is 0 Å². The average molecular weight is 447 g/mol. The fourth-order valence-corrected chi connectivity index (χ4v) is 2.57. The van der Waals surface area contributed by atoms with E-state index in [0.717, 1.165) is 16.8 Å². The third-order valence-electron chi connectivity index (χ3n) is 3.39. The Morgan fingerprint density at radius 2 is 1.74 bits per heavy atom. The van der Waals surface area contributed by atoms with E-state index >= 15 is 0 Å². The Labute approximate surface area is 178 Å². The number of carbonyl (C=O) groups excluding carboxylic acids is 1. The van der Waals surface area contributed by atoms with Crippen LogP contribution in [0.1, 0.15) is 11.1 Å². The van der Waals surface area contributed by atoms with Crippen molar-refractivity contribution >= 4 is 63.8 Å². The van der Waals surface area contributed by atoms with Gasteiger partial charge in [-0.25, -0.2) is 0 Å². The Hall–Kier alpha value is -1.57. The van der Waals surface area contributed by atoms with Gasteiger partial charge in [-0.05, 0) is 36.8 Å². The fourth-order valence-electron chi connectivity index (χ4n) is 2.04. The van der Waals surface area contributed by atoms with Crippen molar-refractivity contribution in [1.29, 1.82) is 0 Å². The molecule has 0 bridgehead atoms. The van der Waals surface area contributed by atoms with E-state index in [2.05, 4.69) is 16.1 Å². The Morgan fingerprint density at radius 1 is 1.11 bits per heavy atom. The van der Waals surface area contributed by atoms with Crippen LogP contribution in [0, 0.1) is 6.92 Å². The van der Waals surface area contributed by atoms with E-state index in [0.29, 0.717) is 0 Å². The molecular weight excluding hydrogens is 429 g/mol. The van der Waals surface area contributed by atoms with Crippen LogP contribution < -0.4 is 16.1 Å². The number of rotatable bonds is 6. The van der Waals surface area contributed by atoms with E-state index in [1.54, 1.807) is 0 Å². The first-order valence-corrected chi connectivity index (χ1v) is 9.48. The highest BCUT2D eigenvalue weighted by molar-refractivity contribution is 7.80. The number of hydrogen-bond donors (Lipinski definition) is 3. The highest BCUT2D eigenvalue weighted by Gasteiger charge is 2.34. The lowest BCUT2D eigenvalue weighted by Crippen LogP contribution is -2.54. The molecule has 2 aromatic rings. The average Bonchev–Trinajstić information content (AvgIpc) is 2.60.